The summed E-state index contributed by atoms with van der Waals surface area (Å²) in [6, 6.07) is 6.36. The van der Waals surface area contributed by atoms with Crippen LogP contribution >= 0.6 is 0 Å². The van der Waals surface area contributed by atoms with Gasteiger partial charge in [0.05, 0.1) is 11.9 Å². The maximum Gasteiger partial charge on any atom is 0.0959 e. The number of nitrogens with zero attached hydrogens (tertiary/aromatic N) is 1. The van der Waals surface area contributed by atoms with Crippen LogP contribution in [-0.2, 0) is 6.54 Å². The first-order valence-corrected chi connectivity index (χ1v) is 7.39. The quantitative estimate of drug-likeness (QED) is 0.737. The zero-order valence-electron chi connectivity index (χ0n) is 12.4. The number of benzene rings is 1. The number of fused-ring (bicyclic) bond motifs is 1. The first-order valence-electron chi connectivity index (χ1n) is 7.39. The highest BCUT2D eigenvalue weighted by Crippen LogP contribution is 2.28. The molecule has 1 fully saturated rings. The molecule has 2 heterocycles. The van der Waals surface area contributed by atoms with Crippen molar-refractivity contribution in [3.05, 3.63) is 36.2 Å². The van der Waals surface area contributed by atoms with Gasteiger partial charge in [0.25, 0.3) is 0 Å². The van der Waals surface area contributed by atoms with Crippen molar-refractivity contribution in [1.29, 1.82) is 0 Å². The van der Waals surface area contributed by atoms with Crippen LogP contribution < -0.4 is 15.5 Å². The summed E-state index contributed by atoms with van der Waals surface area (Å²) >= 11 is 0. The number of rotatable bonds is 1. The fourth-order valence-electron chi connectivity index (χ4n) is 2.43. The van der Waals surface area contributed by atoms with E-state index in [1.54, 1.807) is 0 Å². The van der Waals surface area contributed by atoms with Gasteiger partial charge in [0.2, 0.25) is 0 Å². The maximum atomic E-state index is 9.56. The molecule has 0 bridgehead atoms. The van der Waals surface area contributed by atoms with E-state index in [0.29, 0.717) is 0 Å². The van der Waals surface area contributed by atoms with E-state index in [-0.39, 0.29) is 6.10 Å². The minimum absolute atomic E-state index is 0.179. The second-order valence-corrected chi connectivity index (χ2v) is 5.39. The molecule has 1 aromatic carbocycles. The Morgan fingerprint density at radius 2 is 2.15 bits per heavy atom. The van der Waals surface area contributed by atoms with Crippen LogP contribution in [-0.4, -0.2) is 24.3 Å². The number of hydrogen-bond acceptors (Lipinski definition) is 4. The fraction of sp³-hybridized carbons (Fsp3) is 0.500. The molecule has 0 saturated carbocycles. The molecule has 2 aliphatic heterocycles. The summed E-state index contributed by atoms with van der Waals surface area (Å²) in [4.78, 5) is 2.23. The monoisotopic (exact) mass is 275 g/mol. The van der Waals surface area contributed by atoms with E-state index in [1.807, 2.05) is 0 Å². The molecule has 0 aromatic heterocycles. The van der Waals surface area contributed by atoms with E-state index >= 15 is 0 Å². The van der Waals surface area contributed by atoms with Crippen molar-refractivity contribution in [2.24, 2.45) is 0 Å². The van der Waals surface area contributed by atoms with Gasteiger partial charge in [-0.05, 0) is 30.2 Å². The van der Waals surface area contributed by atoms with E-state index in [9.17, 15) is 5.11 Å². The van der Waals surface area contributed by atoms with Gasteiger partial charge in [-0.25, -0.2) is 0 Å². The molecule has 20 heavy (non-hydrogen) atoms. The zero-order valence-corrected chi connectivity index (χ0v) is 12.4. The Kier molecular flexibility index (Phi) is 4.90. The molecule has 1 unspecified atom stereocenters. The minimum Gasteiger partial charge on any atom is -0.391 e. The van der Waals surface area contributed by atoms with E-state index in [4.69, 9.17) is 0 Å². The SMILES string of the molecule is C=C1NCc2cc(N3CCC(O)C3)ccc2N1.CCC. The number of β-amino-alcohol motifs (C(OH)–C–C–N with tert-alkyl or cyclic N) is 1. The van der Waals surface area contributed by atoms with Gasteiger partial charge >= 0.3 is 0 Å². The lowest BCUT2D eigenvalue weighted by molar-refractivity contribution is 0.198. The van der Waals surface area contributed by atoms with Gasteiger partial charge in [-0.1, -0.05) is 26.8 Å². The number of hydrogen-bond donors (Lipinski definition) is 3. The van der Waals surface area contributed by atoms with Crippen LogP contribution in [0, 0.1) is 0 Å². The Morgan fingerprint density at radius 1 is 1.40 bits per heavy atom. The molecule has 110 valence electrons. The molecule has 0 radical (unpaired) electrons. The van der Waals surface area contributed by atoms with E-state index in [0.717, 1.165) is 37.6 Å². The van der Waals surface area contributed by atoms with Crippen LogP contribution in [0.1, 0.15) is 32.3 Å². The Balaban J connectivity index is 0.000000452. The highest BCUT2D eigenvalue weighted by atomic mass is 16.3. The summed E-state index contributed by atoms with van der Waals surface area (Å²) < 4.78 is 0. The number of aliphatic hydroxyl groups is 1. The Hall–Kier alpha value is -1.68. The van der Waals surface area contributed by atoms with Gasteiger partial charge in [-0.3, -0.25) is 0 Å². The maximum absolute atomic E-state index is 9.56. The molecule has 0 amide bonds. The largest absolute Gasteiger partial charge is 0.391 e. The molecule has 1 aromatic rings. The van der Waals surface area contributed by atoms with Crippen LogP contribution in [0.4, 0.5) is 11.4 Å². The van der Waals surface area contributed by atoms with Crippen molar-refractivity contribution in [1.82, 2.24) is 5.32 Å². The molecule has 4 nitrogen and oxygen atoms in total. The summed E-state index contributed by atoms with van der Waals surface area (Å²) in [6.07, 6.45) is 1.94. The zero-order chi connectivity index (χ0) is 14.5. The molecular formula is C16H25N3O. The predicted octanol–water partition coefficient (Wildman–Crippen LogP) is 2.66. The van der Waals surface area contributed by atoms with Crippen LogP contribution in [0.25, 0.3) is 0 Å². The smallest absolute Gasteiger partial charge is 0.0959 e. The Morgan fingerprint density at radius 3 is 2.80 bits per heavy atom. The first kappa shape index (κ1) is 14.7. The van der Waals surface area contributed by atoms with Crippen LogP contribution in [0.15, 0.2) is 30.6 Å². The molecular weight excluding hydrogens is 250 g/mol. The van der Waals surface area contributed by atoms with Crippen LogP contribution in [0.3, 0.4) is 0 Å². The summed E-state index contributed by atoms with van der Waals surface area (Å²) in [5.74, 6) is 0.849. The average molecular weight is 275 g/mol. The van der Waals surface area contributed by atoms with Gasteiger partial charge < -0.3 is 20.6 Å². The Bertz CT molecular complexity index is 473. The number of anilines is 2. The van der Waals surface area contributed by atoms with E-state index in [2.05, 4.69) is 54.2 Å². The minimum atomic E-state index is -0.179. The lowest BCUT2D eigenvalue weighted by Crippen LogP contribution is -2.26. The van der Waals surface area contributed by atoms with Crippen molar-refractivity contribution in [3.63, 3.8) is 0 Å². The van der Waals surface area contributed by atoms with E-state index < -0.39 is 0 Å². The second-order valence-electron chi connectivity index (χ2n) is 5.39. The number of nitrogens with one attached hydrogen (secondary N) is 2. The Labute approximate surface area is 121 Å². The molecule has 3 N–H and O–H groups in total. The molecule has 4 heteroatoms. The van der Waals surface area contributed by atoms with E-state index in [1.165, 1.54) is 17.7 Å². The number of aliphatic hydroxyl groups excluding tert-OH is 1. The summed E-state index contributed by atoms with van der Waals surface area (Å²) in [7, 11) is 0. The molecule has 0 spiro atoms. The van der Waals surface area contributed by atoms with Gasteiger partial charge in [0.15, 0.2) is 0 Å². The molecule has 0 aliphatic carbocycles. The standard InChI is InChI=1S/C13H17N3O.C3H8/c1-9-14-7-10-6-11(2-3-13(10)15-9)16-5-4-12(17)8-16;1-3-2/h2-3,6,12,14-15,17H,1,4-5,7-8H2;3H2,1-2H3. The molecule has 3 rings (SSSR count). The summed E-state index contributed by atoms with van der Waals surface area (Å²) in [5.41, 5.74) is 3.56. The van der Waals surface area contributed by atoms with Gasteiger partial charge in [-0.2, -0.15) is 0 Å². The lowest BCUT2D eigenvalue weighted by atomic mass is 10.1. The van der Waals surface area contributed by atoms with Crippen LogP contribution in [0.2, 0.25) is 0 Å². The third kappa shape index (κ3) is 3.45. The summed E-state index contributed by atoms with van der Waals surface area (Å²) in [5, 5.41) is 16.0. The van der Waals surface area contributed by atoms with Crippen molar-refractivity contribution < 1.29 is 5.11 Å². The van der Waals surface area contributed by atoms with Gasteiger partial charge in [-0.15, -0.1) is 0 Å². The third-order valence-electron chi connectivity index (χ3n) is 3.40. The third-order valence-corrected chi connectivity index (χ3v) is 3.40. The average Bonchev–Trinajstić information content (AvgIpc) is 2.86. The summed E-state index contributed by atoms with van der Waals surface area (Å²) in [6.45, 7) is 10.6. The first-order chi connectivity index (χ1) is 9.63. The lowest BCUT2D eigenvalue weighted by Gasteiger charge is -2.25. The van der Waals surface area contributed by atoms with Gasteiger partial charge in [0.1, 0.15) is 0 Å². The van der Waals surface area contributed by atoms with Crippen molar-refractivity contribution >= 4 is 11.4 Å². The second kappa shape index (κ2) is 6.66. The van der Waals surface area contributed by atoms with Crippen molar-refractivity contribution in [2.75, 3.05) is 23.3 Å². The highest BCUT2D eigenvalue weighted by molar-refractivity contribution is 5.64. The van der Waals surface area contributed by atoms with Crippen molar-refractivity contribution in [3.8, 4) is 0 Å². The normalized spacial score (nSPS) is 20.4. The predicted molar refractivity (Wildman–Crippen MR) is 84.8 cm³/mol. The van der Waals surface area contributed by atoms with Gasteiger partial charge in [0, 0.05) is 31.0 Å². The fourth-order valence-corrected chi connectivity index (χ4v) is 2.43. The molecule has 1 saturated heterocycles. The van der Waals surface area contributed by atoms with Crippen LogP contribution in [0.5, 0.6) is 0 Å². The highest BCUT2D eigenvalue weighted by Gasteiger charge is 2.21. The topological polar surface area (TPSA) is 47.5 Å². The molecule has 2 aliphatic rings. The van der Waals surface area contributed by atoms with Crippen molar-refractivity contribution in [2.45, 2.75) is 39.3 Å². The molecule has 1 atom stereocenters.